The van der Waals surface area contributed by atoms with Crippen LogP contribution in [-0.4, -0.2) is 25.0 Å². The van der Waals surface area contributed by atoms with Crippen LogP contribution in [0.1, 0.15) is 45.1 Å². The van der Waals surface area contributed by atoms with Crippen LogP contribution >= 0.6 is 0 Å². The lowest BCUT2D eigenvalue weighted by Gasteiger charge is -2.13. The van der Waals surface area contributed by atoms with Gasteiger partial charge in [-0.05, 0) is 53.8 Å². The van der Waals surface area contributed by atoms with Crippen molar-refractivity contribution in [3.05, 3.63) is 100 Å². The van der Waals surface area contributed by atoms with Crippen molar-refractivity contribution >= 4 is 11.9 Å². The molecule has 0 unspecified atom stereocenters. The molecule has 5 heteroatoms. The first-order chi connectivity index (χ1) is 15.6. The Morgan fingerprint density at radius 3 is 2.53 bits per heavy atom. The number of esters is 1. The highest BCUT2D eigenvalue weighted by molar-refractivity contribution is 5.89. The molecule has 0 atom stereocenters. The molecular formula is C27H27NO4. The van der Waals surface area contributed by atoms with Gasteiger partial charge in [-0.25, -0.2) is 4.79 Å². The van der Waals surface area contributed by atoms with E-state index >= 15 is 0 Å². The molecule has 0 aliphatic carbocycles. The van der Waals surface area contributed by atoms with Crippen LogP contribution in [0.25, 0.3) is 0 Å². The maximum atomic E-state index is 12.6. The molecule has 32 heavy (non-hydrogen) atoms. The molecule has 0 aromatic heterocycles. The van der Waals surface area contributed by atoms with Gasteiger partial charge in [0.25, 0.3) is 0 Å². The fourth-order valence-corrected chi connectivity index (χ4v) is 3.93. The zero-order chi connectivity index (χ0) is 22.3. The molecule has 0 saturated carbocycles. The number of hydrogen-bond acceptors (Lipinski definition) is 4. The van der Waals surface area contributed by atoms with E-state index in [-0.39, 0.29) is 11.9 Å². The first-order valence-corrected chi connectivity index (χ1v) is 11.0. The highest BCUT2D eigenvalue weighted by atomic mass is 16.5. The van der Waals surface area contributed by atoms with Crippen molar-refractivity contribution in [2.75, 3.05) is 13.2 Å². The molecule has 3 aromatic rings. The number of nitrogens with one attached hydrogen (secondary N) is 1. The first kappa shape index (κ1) is 21.6. The number of fused-ring (bicyclic) bond motifs is 2. The minimum atomic E-state index is -0.319. The van der Waals surface area contributed by atoms with Crippen LogP contribution in [0.5, 0.6) is 5.75 Å². The van der Waals surface area contributed by atoms with Gasteiger partial charge in [-0.3, -0.25) is 4.79 Å². The SMILES string of the molecule is CCOC(=O)c1ccc(CCNC(=O)Cc2cccc3c2Cc2ccccc2CO3)cc1. The summed E-state index contributed by atoms with van der Waals surface area (Å²) in [4.78, 5) is 24.4. The quantitative estimate of drug-likeness (QED) is 0.571. The summed E-state index contributed by atoms with van der Waals surface area (Å²) < 4.78 is 11.0. The Morgan fingerprint density at radius 1 is 0.969 bits per heavy atom. The fraction of sp³-hybridized carbons (Fsp3) is 0.259. The number of hydrogen-bond donors (Lipinski definition) is 1. The van der Waals surface area contributed by atoms with Crippen LogP contribution in [0, 0.1) is 0 Å². The Bertz CT molecular complexity index is 1100. The van der Waals surface area contributed by atoms with E-state index in [4.69, 9.17) is 9.47 Å². The zero-order valence-corrected chi connectivity index (χ0v) is 18.2. The Hall–Kier alpha value is -3.60. The van der Waals surface area contributed by atoms with Gasteiger partial charge in [0.1, 0.15) is 12.4 Å². The van der Waals surface area contributed by atoms with E-state index in [1.54, 1.807) is 19.1 Å². The van der Waals surface area contributed by atoms with Crippen molar-refractivity contribution in [1.29, 1.82) is 0 Å². The molecule has 0 radical (unpaired) electrons. The Labute approximate surface area is 188 Å². The summed E-state index contributed by atoms with van der Waals surface area (Å²) in [5, 5.41) is 3.01. The van der Waals surface area contributed by atoms with Crippen LogP contribution < -0.4 is 10.1 Å². The second-order valence-electron chi connectivity index (χ2n) is 7.82. The largest absolute Gasteiger partial charge is 0.489 e. The number of rotatable bonds is 7. The number of amides is 1. The van der Waals surface area contributed by atoms with Gasteiger partial charge in [0.15, 0.2) is 0 Å². The van der Waals surface area contributed by atoms with Gasteiger partial charge in [0, 0.05) is 18.5 Å². The summed E-state index contributed by atoms with van der Waals surface area (Å²) in [7, 11) is 0. The first-order valence-electron chi connectivity index (χ1n) is 11.0. The minimum Gasteiger partial charge on any atom is -0.489 e. The molecular weight excluding hydrogens is 402 g/mol. The molecule has 1 heterocycles. The van der Waals surface area contributed by atoms with Gasteiger partial charge < -0.3 is 14.8 Å². The van der Waals surface area contributed by atoms with Gasteiger partial charge in [0.2, 0.25) is 5.91 Å². The molecule has 1 N–H and O–H groups in total. The Kier molecular flexibility index (Phi) is 6.85. The molecule has 1 aliphatic heterocycles. The average molecular weight is 430 g/mol. The van der Waals surface area contributed by atoms with E-state index in [1.807, 2.05) is 42.5 Å². The smallest absolute Gasteiger partial charge is 0.338 e. The lowest BCUT2D eigenvalue weighted by Crippen LogP contribution is -2.27. The van der Waals surface area contributed by atoms with E-state index in [0.717, 1.165) is 28.9 Å². The van der Waals surface area contributed by atoms with Crippen LogP contribution in [0.4, 0.5) is 0 Å². The van der Waals surface area contributed by atoms with E-state index in [9.17, 15) is 9.59 Å². The van der Waals surface area contributed by atoms with E-state index in [2.05, 4.69) is 17.4 Å². The van der Waals surface area contributed by atoms with Gasteiger partial charge in [-0.1, -0.05) is 48.5 Å². The van der Waals surface area contributed by atoms with Gasteiger partial charge in [-0.15, -0.1) is 0 Å². The van der Waals surface area contributed by atoms with E-state index in [1.165, 1.54) is 11.1 Å². The van der Waals surface area contributed by atoms with E-state index < -0.39 is 0 Å². The van der Waals surface area contributed by atoms with Crippen molar-refractivity contribution in [3.8, 4) is 5.75 Å². The van der Waals surface area contributed by atoms with Crippen LogP contribution in [0.2, 0.25) is 0 Å². The number of carbonyl (C=O) groups excluding carboxylic acids is 2. The van der Waals surface area contributed by atoms with E-state index in [0.29, 0.717) is 38.2 Å². The lowest BCUT2D eigenvalue weighted by molar-refractivity contribution is -0.120. The summed E-state index contributed by atoms with van der Waals surface area (Å²) in [6, 6.07) is 21.5. The molecule has 0 spiro atoms. The average Bonchev–Trinajstić information content (AvgIpc) is 3.00. The highest BCUT2D eigenvalue weighted by Crippen LogP contribution is 2.31. The third-order valence-corrected chi connectivity index (χ3v) is 5.65. The number of benzene rings is 3. The molecule has 164 valence electrons. The molecule has 4 rings (SSSR count). The summed E-state index contributed by atoms with van der Waals surface area (Å²) in [6.07, 6.45) is 1.77. The maximum absolute atomic E-state index is 12.6. The monoisotopic (exact) mass is 429 g/mol. The predicted molar refractivity (Wildman–Crippen MR) is 123 cm³/mol. The standard InChI is InChI=1S/C27H27NO4/c1-2-31-27(30)20-12-10-19(11-13-20)14-15-28-26(29)17-22-8-5-9-25-24(22)16-21-6-3-4-7-23(21)18-32-25/h3-13H,2,14-18H2,1H3,(H,28,29). The number of ether oxygens (including phenoxy) is 2. The number of carbonyl (C=O) groups is 2. The Balaban J connectivity index is 1.34. The molecule has 0 fully saturated rings. The van der Waals surface area contributed by atoms with Crippen molar-refractivity contribution in [2.45, 2.75) is 32.8 Å². The van der Waals surface area contributed by atoms with Gasteiger partial charge in [0.05, 0.1) is 18.6 Å². The van der Waals surface area contributed by atoms with Gasteiger partial charge in [-0.2, -0.15) is 0 Å². The molecule has 0 bridgehead atoms. The summed E-state index contributed by atoms with van der Waals surface area (Å²) in [6.45, 7) is 3.23. The normalized spacial score (nSPS) is 12.0. The fourth-order valence-electron chi connectivity index (χ4n) is 3.93. The summed E-state index contributed by atoms with van der Waals surface area (Å²) in [5.74, 6) is 0.521. The molecule has 5 nitrogen and oxygen atoms in total. The summed E-state index contributed by atoms with van der Waals surface area (Å²) in [5.41, 5.74) is 6.10. The zero-order valence-electron chi connectivity index (χ0n) is 18.2. The maximum Gasteiger partial charge on any atom is 0.338 e. The van der Waals surface area contributed by atoms with Gasteiger partial charge >= 0.3 is 5.97 Å². The van der Waals surface area contributed by atoms with Crippen molar-refractivity contribution < 1.29 is 19.1 Å². The van der Waals surface area contributed by atoms with Crippen LogP contribution in [-0.2, 0) is 35.4 Å². The second-order valence-corrected chi connectivity index (χ2v) is 7.82. The predicted octanol–water partition coefficient (Wildman–Crippen LogP) is 4.25. The summed E-state index contributed by atoms with van der Waals surface area (Å²) >= 11 is 0. The third kappa shape index (κ3) is 5.17. The molecule has 1 amide bonds. The highest BCUT2D eigenvalue weighted by Gasteiger charge is 2.18. The minimum absolute atomic E-state index is 0.0147. The molecule has 0 saturated heterocycles. The van der Waals surface area contributed by atoms with Crippen molar-refractivity contribution in [2.24, 2.45) is 0 Å². The lowest BCUT2D eigenvalue weighted by atomic mass is 9.95. The van der Waals surface area contributed by atoms with Crippen molar-refractivity contribution in [3.63, 3.8) is 0 Å². The van der Waals surface area contributed by atoms with Crippen LogP contribution in [0.15, 0.2) is 66.7 Å². The second kappa shape index (κ2) is 10.1. The van der Waals surface area contributed by atoms with Crippen molar-refractivity contribution in [1.82, 2.24) is 5.32 Å². The topological polar surface area (TPSA) is 64.6 Å². The molecule has 3 aromatic carbocycles. The third-order valence-electron chi connectivity index (χ3n) is 5.65. The Morgan fingerprint density at radius 2 is 1.75 bits per heavy atom. The van der Waals surface area contributed by atoms with Crippen LogP contribution in [0.3, 0.4) is 0 Å². The molecule has 1 aliphatic rings.